The van der Waals surface area contributed by atoms with E-state index in [9.17, 15) is 8.42 Å². The van der Waals surface area contributed by atoms with Crippen molar-refractivity contribution < 1.29 is 8.42 Å². The largest absolute Gasteiger partial charge is 0.326 e. The van der Waals surface area contributed by atoms with Crippen LogP contribution in [0.5, 0.6) is 0 Å². The fourth-order valence-corrected chi connectivity index (χ4v) is 4.31. The maximum atomic E-state index is 12.3. The summed E-state index contributed by atoms with van der Waals surface area (Å²) in [6, 6.07) is 4.61. The molecule has 1 aromatic carbocycles. The monoisotopic (exact) mass is 302 g/mol. The molecule has 0 saturated heterocycles. The Morgan fingerprint density at radius 3 is 2.63 bits per heavy atom. The van der Waals surface area contributed by atoms with Crippen molar-refractivity contribution in [1.29, 1.82) is 0 Å². The van der Waals surface area contributed by atoms with Gasteiger partial charge in [-0.15, -0.1) is 0 Å². The van der Waals surface area contributed by atoms with E-state index in [0.717, 1.165) is 31.2 Å². The van der Waals surface area contributed by atoms with Crippen molar-refractivity contribution in [3.05, 3.63) is 28.8 Å². The zero-order chi connectivity index (χ0) is 14.0. The maximum absolute atomic E-state index is 12.3. The molecule has 0 amide bonds. The quantitative estimate of drug-likeness (QED) is 0.899. The van der Waals surface area contributed by atoms with Gasteiger partial charge in [0.05, 0.1) is 5.02 Å². The molecule has 6 heteroatoms. The van der Waals surface area contributed by atoms with Crippen LogP contribution in [0.1, 0.15) is 31.2 Å². The molecule has 2 atom stereocenters. The molecule has 1 aromatic rings. The van der Waals surface area contributed by atoms with Gasteiger partial charge < -0.3 is 5.73 Å². The number of sulfonamides is 1. The first-order valence-corrected chi connectivity index (χ1v) is 8.30. The molecule has 0 heterocycles. The molecule has 0 radical (unpaired) electrons. The van der Waals surface area contributed by atoms with Crippen LogP contribution in [-0.2, 0) is 10.0 Å². The zero-order valence-electron chi connectivity index (χ0n) is 10.9. The number of halogens is 1. The normalized spacial score (nSPS) is 24.4. The van der Waals surface area contributed by atoms with E-state index in [2.05, 4.69) is 4.72 Å². The molecule has 1 saturated carbocycles. The highest BCUT2D eigenvalue weighted by Crippen LogP contribution is 2.24. The second kappa shape index (κ2) is 5.79. The highest BCUT2D eigenvalue weighted by Gasteiger charge is 2.28. The minimum atomic E-state index is -3.60. The van der Waals surface area contributed by atoms with Crippen molar-refractivity contribution in [2.75, 3.05) is 0 Å². The summed E-state index contributed by atoms with van der Waals surface area (Å²) in [5, 5.41) is 0.247. The summed E-state index contributed by atoms with van der Waals surface area (Å²) >= 11 is 6.02. The molecule has 2 rings (SSSR count). The summed E-state index contributed by atoms with van der Waals surface area (Å²) in [6.07, 6.45) is 3.70. The molecule has 0 spiro atoms. The summed E-state index contributed by atoms with van der Waals surface area (Å²) in [4.78, 5) is 0.123. The van der Waals surface area contributed by atoms with Gasteiger partial charge >= 0.3 is 0 Å². The van der Waals surface area contributed by atoms with Crippen LogP contribution in [0.4, 0.5) is 0 Å². The lowest BCUT2D eigenvalue weighted by Crippen LogP contribution is -2.49. The molecule has 1 aliphatic carbocycles. The van der Waals surface area contributed by atoms with E-state index in [-0.39, 0.29) is 22.0 Å². The molecule has 3 N–H and O–H groups in total. The molecular weight excluding hydrogens is 284 g/mol. The third kappa shape index (κ3) is 3.48. The second-order valence-electron chi connectivity index (χ2n) is 5.11. The predicted molar refractivity (Wildman–Crippen MR) is 76.7 cm³/mol. The van der Waals surface area contributed by atoms with E-state index in [1.807, 2.05) is 6.92 Å². The summed E-state index contributed by atoms with van der Waals surface area (Å²) in [5.74, 6) is 0. The van der Waals surface area contributed by atoms with Crippen molar-refractivity contribution >= 4 is 21.6 Å². The number of hydrogen-bond donors (Lipinski definition) is 2. The highest BCUT2D eigenvalue weighted by atomic mass is 35.5. The van der Waals surface area contributed by atoms with Gasteiger partial charge in [0.15, 0.2) is 0 Å². The fourth-order valence-electron chi connectivity index (χ4n) is 2.39. The summed E-state index contributed by atoms with van der Waals surface area (Å²) in [5.41, 5.74) is 6.90. The zero-order valence-corrected chi connectivity index (χ0v) is 12.5. The molecule has 0 aliphatic heterocycles. The molecule has 1 aliphatic rings. The Bertz CT molecular complexity index is 560. The number of hydrogen-bond acceptors (Lipinski definition) is 3. The Kier molecular flexibility index (Phi) is 4.50. The lowest BCUT2D eigenvalue weighted by atomic mass is 9.92. The van der Waals surface area contributed by atoms with Crippen molar-refractivity contribution in [1.82, 2.24) is 4.72 Å². The molecule has 4 nitrogen and oxygen atoms in total. The Hall–Kier alpha value is -0.620. The molecule has 2 unspecified atom stereocenters. The average Bonchev–Trinajstić information content (AvgIpc) is 2.31. The molecule has 106 valence electrons. The van der Waals surface area contributed by atoms with Gasteiger partial charge in [0, 0.05) is 12.1 Å². The van der Waals surface area contributed by atoms with E-state index in [0.29, 0.717) is 0 Å². The van der Waals surface area contributed by atoms with Crippen LogP contribution in [-0.4, -0.2) is 20.5 Å². The standard InChI is InChI=1S/C13H19ClN2O2S/c1-9-6-7-13(10(14)8-9)19(17,18)16-12-5-3-2-4-11(12)15/h6-8,11-12,16H,2-5,15H2,1H3. The van der Waals surface area contributed by atoms with E-state index in [1.54, 1.807) is 12.1 Å². The van der Waals surface area contributed by atoms with Gasteiger partial charge in [-0.1, -0.05) is 30.5 Å². The SMILES string of the molecule is Cc1ccc(S(=O)(=O)NC2CCCCC2N)c(Cl)c1. The molecule has 19 heavy (non-hydrogen) atoms. The molecule has 1 fully saturated rings. The van der Waals surface area contributed by atoms with Crippen LogP contribution in [0, 0.1) is 6.92 Å². The van der Waals surface area contributed by atoms with Gasteiger partial charge in [-0.3, -0.25) is 0 Å². The van der Waals surface area contributed by atoms with Crippen LogP contribution in [0.3, 0.4) is 0 Å². The predicted octanol–water partition coefficient (Wildman–Crippen LogP) is 2.20. The summed E-state index contributed by atoms with van der Waals surface area (Å²) in [6.45, 7) is 1.87. The van der Waals surface area contributed by atoms with Gasteiger partial charge in [0.1, 0.15) is 4.90 Å². The van der Waals surface area contributed by atoms with Crippen molar-refractivity contribution in [3.8, 4) is 0 Å². The van der Waals surface area contributed by atoms with Gasteiger partial charge in [-0.2, -0.15) is 0 Å². The number of benzene rings is 1. The van der Waals surface area contributed by atoms with Gasteiger partial charge in [0.2, 0.25) is 10.0 Å². The van der Waals surface area contributed by atoms with Gasteiger partial charge in [-0.25, -0.2) is 13.1 Å². The van der Waals surface area contributed by atoms with Gasteiger partial charge in [-0.05, 0) is 37.5 Å². The van der Waals surface area contributed by atoms with E-state index < -0.39 is 10.0 Å². The number of aryl methyl sites for hydroxylation is 1. The third-order valence-corrected chi connectivity index (χ3v) is 5.48. The summed E-state index contributed by atoms with van der Waals surface area (Å²) < 4.78 is 27.3. The van der Waals surface area contributed by atoms with Crippen LogP contribution in [0.15, 0.2) is 23.1 Å². The number of rotatable bonds is 3. The second-order valence-corrected chi connectivity index (χ2v) is 7.20. The van der Waals surface area contributed by atoms with Crippen molar-refractivity contribution in [3.63, 3.8) is 0 Å². The first-order chi connectivity index (χ1) is 8.90. The lowest BCUT2D eigenvalue weighted by Gasteiger charge is -2.29. The number of nitrogens with one attached hydrogen (secondary N) is 1. The fraction of sp³-hybridized carbons (Fsp3) is 0.538. The average molecular weight is 303 g/mol. The Morgan fingerprint density at radius 1 is 1.32 bits per heavy atom. The topological polar surface area (TPSA) is 72.2 Å². The third-order valence-electron chi connectivity index (χ3n) is 3.50. The van der Waals surface area contributed by atoms with Crippen LogP contribution in [0.2, 0.25) is 5.02 Å². The lowest BCUT2D eigenvalue weighted by molar-refractivity contribution is 0.361. The highest BCUT2D eigenvalue weighted by molar-refractivity contribution is 7.89. The first kappa shape index (κ1) is 14.8. The van der Waals surface area contributed by atoms with Crippen LogP contribution in [0.25, 0.3) is 0 Å². The van der Waals surface area contributed by atoms with Crippen LogP contribution < -0.4 is 10.5 Å². The van der Waals surface area contributed by atoms with E-state index in [4.69, 9.17) is 17.3 Å². The Balaban J connectivity index is 2.22. The first-order valence-electron chi connectivity index (χ1n) is 6.44. The molecular formula is C13H19ClN2O2S. The molecule has 0 aromatic heterocycles. The summed E-state index contributed by atoms with van der Waals surface area (Å²) in [7, 11) is -3.60. The Morgan fingerprint density at radius 2 is 2.00 bits per heavy atom. The number of nitrogens with two attached hydrogens (primary N) is 1. The maximum Gasteiger partial charge on any atom is 0.242 e. The molecule has 0 bridgehead atoms. The van der Waals surface area contributed by atoms with Gasteiger partial charge in [0.25, 0.3) is 0 Å². The van der Waals surface area contributed by atoms with Crippen LogP contribution >= 0.6 is 11.6 Å². The minimum absolute atomic E-state index is 0.118. The van der Waals surface area contributed by atoms with Crippen molar-refractivity contribution in [2.24, 2.45) is 5.73 Å². The van der Waals surface area contributed by atoms with Crippen molar-refractivity contribution in [2.45, 2.75) is 49.6 Å². The Labute approximate surface area is 119 Å². The smallest absolute Gasteiger partial charge is 0.242 e. The minimum Gasteiger partial charge on any atom is -0.326 e. The van der Waals surface area contributed by atoms with E-state index >= 15 is 0 Å². The van der Waals surface area contributed by atoms with E-state index in [1.165, 1.54) is 6.07 Å².